The zero-order valence-electron chi connectivity index (χ0n) is 8.31. The molecule has 0 saturated heterocycles. The Balaban J connectivity index is 3.02. The quantitative estimate of drug-likeness (QED) is 0.807. The molecule has 1 rings (SSSR count). The van der Waals surface area contributed by atoms with Crippen LogP contribution in [0.15, 0.2) is 0 Å². The predicted octanol–water partition coefficient (Wildman–Crippen LogP) is 1.84. The molecule has 0 aliphatic heterocycles. The van der Waals surface area contributed by atoms with E-state index in [9.17, 15) is 9.90 Å². The minimum absolute atomic E-state index is 0.0437. The van der Waals surface area contributed by atoms with Crippen molar-refractivity contribution < 1.29 is 15.0 Å². The number of hydrogen-bond donors (Lipinski definition) is 2. The SMILES string of the molecule is Cc1nc([C@@H](O)C(C)C)sc1C(=O)O. The number of hydrogen-bond acceptors (Lipinski definition) is 4. The molecular formula is C9H13NO3S. The zero-order chi connectivity index (χ0) is 10.9. The van der Waals surface area contributed by atoms with E-state index in [0.29, 0.717) is 10.7 Å². The first-order chi connectivity index (χ1) is 6.43. The van der Waals surface area contributed by atoms with Gasteiger partial charge in [-0.25, -0.2) is 9.78 Å². The molecule has 4 nitrogen and oxygen atoms in total. The second-order valence-corrected chi connectivity index (χ2v) is 4.49. The van der Waals surface area contributed by atoms with Crippen molar-refractivity contribution in [3.63, 3.8) is 0 Å². The van der Waals surface area contributed by atoms with Crippen LogP contribution in [0, 0.1) is 12.8 Å². The number of carboxylic acid groups (broad SMARTS) is 1. The molecule has 1 aromatic heterocycles. The molecule has 1 atom stereocenters. The van der Waals surface area contributed by atoms with Crippen molar-refractivity contribution in [2.45, 2.75) is 26.9 Å². The van der Waals surface area contributed by atoms with Crippen LogP contribution in [-0.2, 0) is 0 Å². The van der Waals surface area contributed by atoms with Gasteiger partial charge in [0.1, 0.15) is 16.0 Å². The molecule has 0 aliphatic rings. The van der Waals surface area contributed by atoms with E-state index >= 15 is 0 Å². The number of rotatable bonds is 3. The van der Waals surface area contributed by atoms with E-state index < -0.39 is 12.1 Å². The molecule has 78 valence electrons. The molecule has 0 bridgehead atoms. The number of aryl methyl sites for hydroxylation is 1. The van der Waals surface area contributed by atoms with Crippen molar-refractivity contribution in [3.05, 3.63) is 15.6 Å². The summed E-state index contributed by atoms with van der Waals surface area (Å²) in [6, 6.07) is 0. The van der Waals surface area contributed by atoms with Crippen LogP contribution < -0.4 is 0 Å². The third-order valence-corrected chi connectivity index (χ3v) is 3.11. The number of aromatic nitrogens is 1. The molecule has 0 fully saturated rings. The Morgan fingerprint density at radius 2 is 2.07 bits per heavy atom. The summed E-state index contributed by atoms with van der Waals surface area (Å²) in [6.45, 7) is 5.36. The summed E-state index contributed by atoms with van der Waals surface area (Å²) < 4.78 is 0. The van der Waals surface area contributed by atoms with Crippen LogP contribution in [0.3, 0.4) is 0 Å². The van der Waals surface area contributed by atoms with Crippen LogP contribution >= 0.6 is 11.3 Å². The Morgan fingerprint density at radius 3 is 2.43 bits per heavy atom. The number of aliphatic hydroxyl groups excluding tert-OH is 1. The molecule has 14 heavy (non-hydrogen) atoms. The minimum atomic E-state index is -0.984. The lowest BCUT2D eigenvalue weighted by molar-refractivity contribution is 0.0701. The first-order valence-corrected chi connectivity index (χ1v) is 5.13. The summed E-state index contributed by atoms with van der Waals surface area (Å²) >= 11 is 1.04. The highest BCUT2D eigenvalue weighted by Crippen LogP contribution is 2.27. The molecule has 0 aliphatic carbocycles. The molecule has 5 heteroatoms. The molecule has 0 spiro atoms. The zero-order valence-corrected chi connectivity index (χ0v) is 9.13. The van der Waals surface area contributed by atoms with Gasteiger partial charge in [0.25, 0.3) is 0 Å². The Kier molecular flexibility index (Phi) is 3.23. The van der Waals surface area contributed by atoms with Gasteiger partial charge in [-0.05, 0) is 12.8 Å². The van der Waals surface area contributed by atoms with Gasteiger partial charge >= 0.3 is 5.97 Å². The Hall–Kier alpha value is -0.940. The van der Waals surface area contributed by atoms with Gasteiger partial charge in [0.2, 0.25) is 0 Å². The molecule has 2 N–H and O–H groups in total. The van der Waals surface area contributed by atoms with Gasteiger partial charge in [0, 0.05) is 0 Å². The largest absolute Gasteiger partial charge is 0.477 e. The molecular weight excluding hydrogens is 202 g/mol. The van der Waals surface area contributed by atoms with Crippen molar-refractivity contribution in [2.75, 3.05) is 0 Å². The topological polar surface area (TPSA) is 70.4 Å². The summed E-state index contributed by atoms with van der Waals surface area (Å²) in [4.78, 5) is 15.0. The number of carboxylic acids is 1. The maximum atomic E-state index is 10.7. The van der Waals surface area contributed by atoms with E-state index in [1.807, 2.05) is 13.8 Å². The van der Waals surface area contributed by atoms with Crippen molar-refractivity contribution >= 4 is 17.3 Å². The molecule has 1 aromatic rings. The van der Waals surface area contributed by atoms with Crippen molar-refractivity contribution in [1.29, 1.82) is 0 Å². The lowest BCUT2D eigenvalue weighted by Crippen LogP contribution is -2.04. The molecule has 0 radical (unpaired) electrons. The van der Waals surface area contributed by atoms with Crippen LogP contribution in [0.2, 0.25) is 0 Å². The predicted molar refractivity (Wildman–Crippen MR) is 53.6 cm³/mol. The van der Waals surface area contributed by atoms with Gasteiger partial charge in [0.05, 0.1) is 5.69 Å². The average Bonchev–Trinajstić information content (AvgIpc) is 2.45. The number of nitrogens with zero attached hydrogens (tertiary/aromatic N) is 1. The van der Waals surface area contributed by atoms with Crippen LogP contribution in [0.4, 0.5) is 0 Å². The maximum absolute atomic E-state index is 10.7. The fourth-order valence-electron chi connectivity index (χ4n) is 1.03. The van der Waals surface area contributed by atoms with Crippen molar-refractivity contribution in [1.82, 2.24) is 4.98 Å². The third kappa shape index (κ3) is 2.10. The number of aromatic carboxylic acids is 1. The highest BCUT2D eigenvalue weighted by molar-refractivity contribution is 7.13. The monoisotopic (exact) mass is 215 g/mol. The number of carbonyl (C=O) groups is 1. The van der Waals surface area contributed by atoms with Crippen molar-refractivity contribution in [2.24, 2.45) is 5.92 Å². The standard InChI is InChI=1S/C9H13NO3S/c1-4(2)6(11)8-10-5(3)7(14-8)9(12)13/h4,6,11H,1-3H3,(H,12,13)/t6-/m0/s1. The molecule has 1 heterocycles. The van der Waals surface area contributed by atoms with Crippen molar-refractivity contribution in [3.8, 4) is 0 Å². The van der Waals surface area contributed by atoms with Gasteiger partial charge < -0.3 is 10.2 Å². The van der Waals surface area contributed by atoms with E-state index in [4.69, 9.17) is 5.11 Å². The Morgan fingerprint density at radius 1 is 1.50 bits per heavy atom. The second kappa shape index (κ2) is 4.06. The molecule has 0 amide bonds. The third-order valence-electron chi connectivity index (χ3n) is 1.89. The lowest BCUT2D eigenvalue weighted by Gasteiger charge is -2.10. The first-order valence-electron chi connectivity index (χ1n) is 4.32. The molecule has 0 unspecified atom stereocenters. The van der Waals surface area contributed by atoms with Gasteiger partial charge in [-0.3, -0.25) is 0 Å². The Bertz CT molecular complexity index is 346. The second-order valence-electron chi connectivity index (χ2n) is 3.46. The van der Waals surface area contributed by atoms with Gasteiger partial charge in [0.15, 0.2) is 0 Å². The first kappa shape index (κ1) is 11.1. The smallest absolute Gasteiger partial charge is 0.347 e. The van der Waals surface area contributed by atoms with E-state index in [1.165, 1.54) is 0 Å². The van der Waals surface area contributed by atoms with E-state index in [0.717, 1.165) is 11.3 Å². The van der Waals surface area contributed by atoms with Gasteiger partial charge in [-0.1, -0.05) is 13.8 Å². The lowest BCUT2D eigenvalue weighted by atomic mass is 10.1. The average molecular weight is 215 g/mol. The normalized spacial score (nSPS) is 13.2. The van der Waals surface area contributed by atoms with Gasteiger partial charge in [-0.15, -0.1) is 11.3 Å². The summed E-state index contributed by atoms with van der Waals surface area (Å²) in [7, 11) is 0. The fourth-order valence-corrected chi connectivity index (χ4v) is 2.09. The minimum Gasteiger partial charge on any atom is -0.477 e. The summed E-state index contributed by atoms with van der Waals surface area (Å²) in [5.74, 6) is -0.940. The van der Waals surface area contributed by atoms with E-state index in [-0.39, 0.29) is 10.8 Å². The Labute approximate surface area is 86.2 Å². The summed E-state index contributed by atoms with van der Waals surface area (Å²) in [5.41, 5.74) is 0.470. The van der Waals surface area contributed by atoms with Gasteiger partial charge in [-0.2, -0.15) is 0 Å². The number of thiazole rings is 1. The highest BCUT2D eigenvalue weighted by Gasteiger charge is 2.20. The van der Waals surface area contributed by atoms with E-state index in [1.54, 1.807) is 6.92 Å². The maximum Gasteiger partial charge on any atom is 0.347 e. The molecule has 0 aromatic carbocycles. The number of aliphatic hydroxyl groups is 1. The van der Waals surface area contributed by atoms with Crippen LogP contribution in [0.1, 0.15) is 40.3 Å². The van der Waals surface area contributed by atoms with Crippen LogP contribution in [-0.4, -0.2) is 21.2 Å². The summed E-state index contributed by atoms with van der Waals surface area (Å²) in [5, 5.41) is 18.9. The fraction of sp³-hybridized carbons (Fsp3) is 0.556. The van der Waals surface area contributed by atoms with E-state index in [2.05, 4.69) is 4.98 Å². The highest BCUT2D eigenvalue weighted by atomic mass is 32.1. The van der Waals surface area contributed by atoms with Crippen LogP contribution in [0.25, 0.3) is 0 Å². The molecule has 0 saturated carbocycles. The summed E-state index contributed by atoms with van der Waals surface area (Å²) in [6.07, 6.45) is -0.674. The van der Waals surface area contributed by atoms with Crippen LogP contribution in [0.5, 0.6) is 0 Å².